The summed E-state index contributed by atoms with van der Waals surface area (Å²) in [6, 6.07) is 10.3. The van der Waals surface area contributed by atoms with E-state index in [9.17, 15) is 9.59 Å². The van der Waals surface area contributed by atoms with Crippen LogP contribution in [0.5, 0.6) is 0 Å². The van der Waals surface area contributed by atoms with E-state index in [1.54, 1.807) is 36.1 Å². The van der Waals surface area contributed by atoms with Gasteiger partial charge in [-0.15, -0.1) is 11.8 Å². The van der Waals surface area contributed by atoms with E-state index in [0.717, 1.165) is 36.8 Å². The smallest absolute Gasteiger partial charge is 0.242 e. The normalized spacial score (nSPS) is 15.1. The predicted octanol–water partition coefficient (Wildman–Crippen LogP) is 7.40. The zero-order valence-electron chi connectivity index (χ0n) is 19.0. The molecule has 0 spiro atoms. The Kier molecular flexibility index (Phi) is 10.7. The summed E-state index contributed by atoms with van der Waals surface area (Å²) in [6.45, 7) is 2.04. The van der Waals surface area contributed by atoms with E-state index in [4.69, 9.17) is 46.4 Å². The fraction of sp³-hybridized carbons (Fsp3) is 0.440. The highest BCUT2D eigenvalue weighted by molar-refractivity contribution is 7.99. The highest BCUT2D eigenvalue weighted by atomic mass is 35.5. The molecule has 3 rings (SSSR count). The van der Waals surface area contributed by atoms with Crippen LogP contribution in [0.25, 0.3) is 0 Å². The molecule has 9 heteroatoms. The molecule has 0 radical (unpaired) electrons. The third-order valence-electron chi connectivity index (χ3n) is 5.93. The Bertz CT molecular complexity index is 1010. The van der Waals surface area contributed by atoms with Crippen molar-refractivity contribution in [2.45, 2.75) is 63.4 Å². The van der Waals surface area contributed by atoms with Crippen molar-refractivity contribution in [3.8, 4) is 0 Å². The lowest BCUT2D eigenvalue weighted by Gasteiger charge is -2.31. The number of nitrogens with zero attached hydrogens (tertiary/aromatic N) is 1. The van der Waals surface area contributed by atoms with Gasteiger partial charge in [0, 0.05) is 18.3 Å². The average molecular weight is 562 g/mol. The lowest BCUT2D eigenvalue weighted by molar-refractivity contribution is -0.139. The Morgan fingerprint density at radius 3 is 2.15 bits per heavy atom. The standard InChI is InChI=1S/C25H28Cl4N2O2S/c1-16(25(33)30-19-5-3-2-4-6-19)31(13-17-7-9-20(26)22(28)11-17)24(32)15-34-14-18-8-10-21(27)23(29)12-18/h7-12,16,19H,2-6,13-15H2,1H3,(H,30,33). The second-order valence-corrected chi connectivity index (χ2v) is 11.1. The van der Waals surface area contributed by atoms with Crippen LogP contribution in [0.1, 0.15) is 50.2 Å². The highest BCUT2D eigenvalue weighted by Gasteiger charge is 2.28. The Balaban J connectivity index is 1.68. The first-order valence-corrected chi connectivity index (χ1v) is 14.0. The maximum absolute atomic E-state index is 13.3. The molecule has 184 valence electrons. The maximum atomic E-state index is 13.3. The van der Waals surface area contributed by atoms with Gasteiger partial charge in [-0.25, -0.2) is 0 Å². The Morgan fingerprint density at radius 1 is 0.941 bits per heavy atom. The van der Waals surface area contributed by atoms with Gasteiger partial charge in [-0.1, -0.05) is 77.8 Å². The molecule has 4 nitrogen and oxygen atoms in total. The zero-order chi connectivity index (χ0) is 24.7. The second-order valence-electron chi connectivity index (χ2n) is 8.53. The van der Waals surface area contributed by atoms with Gasteiger partial charge in [0.05, 0.1) is 25.8 Å². The van der Waals surface area contributed by atoms with Crippen molar-refractivity contribution in [3.63, 3.8) is 0 Å². The average Bonchev–Trinajstić information content (AvgIpc) is 2.82. The first-order chi connectivity index (χ1) is 16.2. The van der Waals surface area contributed by atoms with Gasteiger partial charge in [0.2, 0.25) is 11.8 Å². The lowest BCUT2D eigenvalue weighted by atomic mass is 9.95. The summed E-state index contributed by atoms with van der Waals surface area (Å²) in [5.74, 6) is 0.575. The third-order valence-corrected chi connectivity index (χ3v) is 8.40. The van der Waals surface area contributed by atoms with Crippen LogP contribution in [-0.2, 0) is 21.9 Å². The van der Waals surface area contributed by atoms with Crippen LogP contribution >= 0.6 is 58.2 Å². The predicted molar refractivity (Wildman–Crippen MR) is 144 cm³/mol. The Morgan fingerprint density at radius 2 is 1.53 bits per heavy atom. The summed E-state index contributed by atoms with van der Waals surface area (Å²) in [6.07, 6.45) is 5.42. The quantitative estimate of drug-likeness (QED) is 0.347. The number of rotatable bonds is 9. The molecule has 1 saturated carbocycles. The largest absolute Gasteiger partial charge is 0.352 e. The molecule has 1 aliphatic carbocycles. The van der Waals surface area contributed by atoms with Crippen LogP contribution < -0.4 is 5.32 Å². The maximum Gasteiger partial charge on any atom is 0.242 e. The monoisotopic (exact) mass is 560 g/mol. The van der Waals surface area contributed by atoms with Crippen molar-refractivity contribution in [1.82, 2.24) is 10.2 Å². The van der Waals surface area contributed by atoms with Gasteiger partial charge in [0.15, 0.2) is 0 Å². The third kappa shape index (κ3) is 7.96. The van der Waals surface area contributed by atoms with Crippen LogP contribution in [0.3, 0.4) is 0 Å². The summed E-state index contributed by atoms with van der Waals surface area (Å²) in [5.41, 5.74) is 1.79. The molecule has 2 aromatic carbocycles. The van der Waals surface area contributed by atoms with Crippen LogP contribution in [0.2, 0.25) is 20.1 Å². The first-order valence-electron chi connectivity index (χ1n) is 11.3. The topological polar surface area (TPSA) is 49.4 Å². The van der Waals surface area contributed by atoms with E-state index in [1.165, 1.54) is 18.2 Å². The number of hydrogen-bond acceptors (Lipinski definition) is 3. The fourth-order valence-electron chi connectivity index (χ4n) is 3.95. The van der Waals surface area contributed by atoms with Crippen molar-refractivity contribution in [2.75, 3.05) is 5.75 Å². The minimum Gasteiger partial charge on any atom is -0.352 e. The van der Waals surface area contributed by atoms with Gasteiger partial charge >= 0.3 is 0 Å². The van der Waals surface area contributed by atoms with Gasteiger partial charge in [-0.3, -0.25) is 9.59 Å². The molecule has 0 aliphatic heterocycles. The van der Waals surface area contributed by atoms with Gasteiger partial charge in [0.1, 0.15) is 6.04 Å². The van der Waals surface area contributed by atoms with Crippen molar-refractivity contribution in [3.05, 3.63) is 67.6 Å². The summed E-state index contributed by atoms with van der Waals surface area (Å²) < 4.78 is 0. The SMILES string of the molecule is CC(C(=O)NC1CCCCC1)N(Cc1ccc(Cl)c(Cl)c1)C(=O)CSCc1ccc(Cl)c(Cl)c1. The molecule has 1 atom stereocenters. The summed E-state index contributed by atoms with van der Waals surface area (Å²) >= 11 is 25.8. The number of nitrogens with one attached hydrogen (secondary N) is 1. The van der Waals surface area contributed by atoms with E-state index in [-0.39, 0.29) is 30.2 Å². The number of benzene rings is 2. The molecular formula is C25H28Cl4N2O2S. The fourth-order valence-corrected chi connectivity index (χ4v) is 5.45. The van der Waals surface area contributed by atoms with Crippen LogP contribution in [-0.4, -0.2) is 34.6 Å². The molecule has 1 fully saturated rings. The molecule has 0 saturated heterocycles. The van der Waals surface area contributed by atoms with Crippen LogP contribution in [0, 0.1) is 0 Å². The highest BCUT2D eigenvalue weighted by Crippen LogP contribution is 2.26. The van der Waals surface area contributed by atoms with Crippen molar-refractivity contribution < 1.29 is 9.59 Å². The summed E-state index contributed by atoms with van der Waals surface area (Å²) in [5, 5.41) is 4.99. The van der Waals surface area contributed by atoms with Gasteiger partial charge < -0.3 is 10.2 Å². The molecule has 1 N–H and O–H groups in total. The number of thioether (sulfide) groups is 1. The Hall–Kier alpha value is -1.11. The summed E-state index contributed by atoms with van der Waals surface area (Å²) in [4.78, 5) is 27.9. The number of halogens is 4. The Labute approximate surface area is 225 Å². The van der Waals surface area contributed by atoms with Gasteiger partial charge in [0.25, 0.3) is 0 Å². The lowest BCUT2D eigenvalue weighted by Crippen LogP contribution is -2.50. The zero-order valence-corrected chi connectivity index (χ0v) is 22.8. The molecule has 0 heterocycles. The minimum absolute atomic E-state index is 0.123. The van der Waals surface area contributed by atoms with E-state index < -0.39 is 6.04 Å². The molecule has 1 unspecified atom stereocenters. The van der Waals surface area contributed by atoms with Crippen LogP contribution in [0.4, 0.5) is 0 Å². The molecule has 34 heavy (non-hydrogen) atoms. The van der Waals surface area contributed by atoms with Crippen molar-refractivity contribution in [2.24, 2.45) is 0 Å². The van der Waals surface area contributed by atoms with E-state index >= 15 is 0 Å². The number of carbonyl (C=O) groups is 2. The number of carbonyl (C=O) groups excluding carboxylic acids is 2. The molecule has 2 aromatic rings. The van der Waals surface area contributed by atoms with Crippen molar-refractivity contribution >= 4 is 70.0 Å². The van der Waals surface area contributed by atoms with E-state index in [2.05, 4.69) is 5.32 Å². The second kappa shape index (κ2) is 13.3. The molecular weight excluding hydrogens is 534 g/mol. The van der Waals surface area contributed by atoms with Gasteiger partial charge in [-0.05, 0) is 55.2 Å². The first kappa shape index (κ1) is 27.5. The van der Waals surface area contributed by atoms with Gasteiger partial charge in [-0.2, -0.15) is 0 Å². The minimum atomic E-state index is -0.616. The summed E-state index contributed by atoms with van der Waals surface area (Å²) in [7, 11) is 0. The molecule has 1 aliphatic rings. The molecule has 0 aromatic heterocycles. The molecule has 2 amide bonds. The van der Waals surface area contributed by atoms with E-state index in [0.29, 0.717) is 25.8 Å². The number of amides is 2. The van der Waals surface area contributed by atoms with Crippen molar-refractivity contribution in [1.29, 1.82) is 0 Å². The van der Waals surface area contributed by atoms with Crippen LogP contribution in [0.15, 0.2) is 36.4 Å². The van der Waals surface area contributed by atoms with E-state index in [1.807, 2.05) is 12.1 Å². The number of hydrogen-bond donors (Lipinski definition) is 1. The molecule has 0 bridgehead atoms.